The van der Waals surface area contributed by atoms with Gasteiger partial charge in [-0.2, -0.15) is 0 Å². The lowest BCUT2D eigenvalue weighted by Crippen LogP contribution is -2.22. The summed E-state index contributed by atoms with van der Waals surface area (Å²) in [6.07, 6.45) is 5.86. The minimum Gasteiger partial charge on any atom is -0.497 e. The van der Waals surface area contributed by atoms with E-state index in [9.17, 15) is 0 Å². The monoisotopic (exact) mass is 356 g/mol. The molecular weight excluding hydrogens is 343 g/mol. The first-order chi connectivity index (χ1) is 8.78. The van der Waals surface area contributed by atoms with Gasteiger partial charge in [-0.3, -0.25) is 0 Å². The normalized spacial score (nSPS) is 29.9. The van der Waals surface area contributed by atoms with Crippen molar-refractivity contribution in [3.63, 3.8) is 0 Å². The fraction of sp³-hybridized carbons (Fsp3) is 0.286. The largest absolute Gasteiger partial charge is 0.497 e. The Bertz CT molecular complexity index is 492. The standard InChI is InChI=1S/C14H13IO3/c1-16-10-7-5-9(6-8-10)14-17-12-4-2-3-11(15)13(12)18-14/h2-8,12-14H,1H3/t12-,13+,14-/m0/s1. The highest BCUT2D eigenvalue weighted by molar-refractivity contribution is 14.1. The van der Waals surface area contributed by atoms with Crippen LogP contribution in [-0.4, -0.2) is 19.3 Å². The van der Waals surface area contributed by atoms with Gasteiger partial charge in [0.05, 0.1) is 7.11 Å². The van der Waals surface area contributed by atoms with Crippen LogP contribution in [0.3, 0.4) is 0 Å². The topological polar surface area (TPSA) is 27.7 Å². The Kier molecular flexibility index (Phi) is 3.41. The van der Waals surface area contributed by atoms with E-state index in [-0.39, 0.29) is 18.5 Å². The minimum atomic E-state index is -0.299. The van der Waals surface area contributed by atoms with Gasteiger partial charge in [0.15, 0.2) is 6.29 Å². The van der Waals surface area contributed by atoms with Gasteiger partial charge in [-0.1, -0.05) is 30.4 Å². The van der Waals surface area contributed by atoms with Crippen LogP contribution in [-0.2, 0) is 9.47 Å². The summed E-state index contributed by atoms with van der Waals surface area (Å²) in [7, 11) is 1.66. The third-order valence-corrected chi connectivity index (χ3v) is 4.04. The molecule has 1 fully saturated rings. The second kappa shape index (κ2) is 5.03. The van der Waals surface area contributed by atoms with Gasteiger partial charge in [-0.25, -0.2) is 0 Å². The Morgan fingerprint density at radius 2 is 1.94 bits per heavy atom. The van der Waals surface area contributed by atoms with Gasteiger partial charge in [0.25, 0.3) is 0 Å². The highest BCUT2D eigenvalue weighted by Crippen LogP contribution is 2.38. The summed E-state index contributed by atoms with van der Waals surface area (Å²) >= 11 is 2.30. The molecule has 3 rings (SSSR count). The highest BCUT2D eigenvalue weighted by atomic mass is 127. The van der Waals surface area contributed by atoms with Crippen molar-refractivity contribution in [2.45, 2.75) is 18.5 Å². The first-order valence-electron chi connectivity index (χ1n) is 5.76. The molecule has 2 aliphatic rings. The molecule has 18 heavy (non-hydrogen) atoms. The first-order valence-corrected chi connectivity index (χ1v) is 6.84. The Balaban J connectivity index is 1.79. The SMILES string of the molecule is COc1ccc([C@H]2O[C@H]3C=CC=C(I)[C@H]3O2)cc1. The maximum absolute atomic E-state index is 5.95. The highest BCUT2D eigenvalue weighted by Gasteiger charge is 2.37. The number of benzene rings is 1. The fourth-order valence-electron chi connectivity index (χ4n) is 2.09. The van der Waals surface area contributed by atoms with Crippen LogP contribution >= 0.6 is 22.6 Å². The average molecular weight is 356 g/mol. The van der Waals surface area contributed by atoms with Crippen LogP contribution in [0.5, 0.6) is 5.75 Å². The second-order valence-electron chi connectivity index (χ2n) is 4.20. The molecule has 1 aromatic carbocycles. The molecule has 0 spiro atoms. The van der Waals surface area contributed by atoms with Crippen LogP contribution < -0.4 is 4.74 Å². The number of ether oxygens (including phenoxy) is 3. The molecule has 0 amide bonds. The molecular formula is C14H13IO3. The van der Waals surface area contributed by atoms with E-state index in [1.807, 2.05) is 36.4 Å². The van der Waals surface area contributed by atoms with Crippen molar-refractivity contribution in [2.75, 3.05) is 7.11 Å². The van der Waals surface area contributed by atoms with Crippen molar-refractivity contribution in [1.29, 1.82) is 0 Å². The maximum atomic E-state index is 5.95. The molecule has 0 aromatic heterocycles. The van der Waals surface area contributed by atoms with Gasteiger partial charge in [0.1, 0.15) is 18.0 Å². The van der Waals surface area contributed by atoms with Crippen molar-refractivity contribution < 1.29 is 14.2 Å². The molecule has 0 radical (unpaired) electrons. The van der Waals surface area contributed by atoms with E-state index in [4.69, 9.17) is 14.2 Å². The molecule has 1 aliphatic carbocycles. The van der Waals surface area contributed by atoms with Crippen molar-refractivity contribution in [3.8, 4) is 5.75 Å². The van der Waals surface area contributed by atoms with E-state index in [1.54, 1.807) is 7.11 Å². The van der Waals surface area contributed by atoms with Crippen LogP contribution in [0.25, 0.3) is 0 Å². The van der Waals surface area contributed by atoms with E-state index in [1.165, 1.54) is 3.58 Å². The van der Waals surface area contributed by atoms with Crippen LogP contribution in [0.15, 0.2) is 46.1 Å². The van der Waals surface area contributed by atoms with Crippen molar-refractivity contribution in [2.24, 2.45) is 0 Å². The Labute approximate surface area is 120 Å². The van der Waals surface area contributed by atoms with E-state index < -0.39 is 0 Å². The number of halogens is 1. The van der Waals surface area contributed by atoms with Crippen LogP contribution in [0.1, 0.15) is 11.9 Å². The summed E-state index contributed by atoms with van der Waals surface area (Å²) in [6.45, 7) is 0. The van der Waals surface area contributed by atoms with Crippen molar-refractivity contribution in [1.82, 2.24) is 0 Å². The molecule has 1 heterocycles. The zero-order valence-corrected chi connectivity index (χ0v) is 12.0. The summed E-state index contributed by atoms with van der Waals surface area (Å²) < 4.78 is 18.2. The quantitative estimate of drug-likeness (QED) is 0.761. The Morgan fingerprint density at radius 3 is 2.61 bits per heavy atom. The fourth-order valence-corrected chi connectivity index (χ4v) is 2.80. The molecule has 0 N–H and O–H groups in total. The number of rotatable bonds is 2. The lowest BCUT2D eigenvalue weighted by molar-refractivity contribution is -0.0598. The average Bonchev–Trinajstić information content (AvgIpc) is 2.84. The van der Waals surface area contributed by atoms with E-state index in [0.29, 0.717) is 0 Å². The van der Waals surface area contributed by atoms with Gasteiger partial charge in [-0.15, -0.1) is 0 Å². The zero-order valence-electron chi connectivity index (χ0n) is 9.88. The molecule has 1 aliphatic heterocycles. The minimum absolute atomic E-state index is 0.0222. The Hall–Kier alpha value is -0.850. The maximum Gasteiger partial charge on any atom is 0.185 e. The lowest BCUT2D eigenvalue weighted by atomic mass is 10.1. The number of methoxy groups -OCH3 is 1. The van der Waals surface area contributed by atoms with E-state index in [0.717, 1.165) is 11.3 Å². The van der Waals surface area contributed by atoms with Crippen molar-refractivity contribution in [3.05, 3.63) is 51.6 Å². The molecule has 0 bridgehead atoms. The van der Waals surface area contributed by atoms with Crippen LogP contribution in [0.4, 0.5) is 0 Å². The van der Waals surface area contributed by atoms with Crippen molar-refractivity contribution >= 4 is 22.6 Å². The summed E-state index contributed by atoms with van der Waals surface area (Å²) in [6, 6.07) is 7.78. The Morgan fingerprint density at radius 1 is 1.17 bits per heavy atom. The molecule has 94 valence electrons. The summed E-state index contributed by atoms with van der Waals surface area (Å²) in [4.78, 5) is 0. The first kappa shape index (κ1) is 12.2. The molecule has 0 saturated carbocycles. The molecule has 1 saturated heterocycles. The van der Waals surface area contributed by atoms with Gasteiger partial charge in [0.2, 0.25) is 0 Å². The third-order valence-electron chi connectivity index (χ3n) is 3.07. The van der Waals surface area contributed by atoms with Gasteiger partial charge < -0.3 is 14.2 Å². The molecule has 3 nitrogen and oxygen atoms in total. The number of fused-ring (bicyclic) bond motifs is 1. The summed E-state index contributed by atoms with van der Waals surface area (Å²) in [5, 5.41) is 0. The van der Waals surface area contributed by atoms with E-state index >= 15 is 0 Å². The number of hydrogen-bond donors (Lipinski definition) is 0. The molecule has 3 atom stereocenters. The number of hydrogen-bond acceptors (Lipinski definition) is 3. The smallest absolute Gasteiger partial charge is 0.185 e. The molecule has 1 aromatic rings. The third kappa shape index (κ3) is 2.20. The van der Waals surface area contributed by atoms with Crippen LogP contribution in [0.2, 0.25) is 0 Å². The summed E-state index contributed by atoms with van der Waals surface area (Å²) in [5.41, 5.74) is 1.02. The van der Waals surface area contributed by atoms with Gasteiger partial charge in [-0.05, 0) is 34.7 Å². The van der Waals surface area contributed by atoms with Gasteiger partial charge >= 0.3 is 0 Å². The lowest BCUT2D eigenvalue weighted by Gasteiger charge is -2.15. The van der Waals surface area contributed by atoms with E-state index in [2.05, 4.69) is 28.7 Å². The van der Waals surface area contributed by atoms with Crippen LogP contribution in [0, 0.1) is 0 Å². The molecule has 0 unspecified atom stereocenters. The van der Waals surface area contributed by atoms with Gasteiger partial charge in [0, 0.05) is 9.14 Å². The number of allylic oxidation sites excluding steroid dienone is 2. The zero-order chi connectivity index (χ0) is 12.5. The predicted octanol–water partition coefficient (Wildman–Crippen LogP) is 3.37. The molecule has 4 heteroatoms. The second-order valence-corrected chi connectivity index (χ2v) is 5.44. The predicted molar refractivity (Wildman–Crippen MR) is 76.7 cm³/mol. The summed E-state index contributed by atoms with van der Waals surface area (Å²) in [5.74, 6) is 0.837.